The highest BCUT2D eigenvalue weighted by molar-refractivity contribution is 5.71. The third kappa shape index (κ3) is 2.35. The van der Waals surface area contributed by atoms with Crippen LogP contribution in [0.1, 0.15) is 17.0 Å². The van der Waals surface area contributed by atoms with Crippen molar-refractivity contribution in [2.45, 2.75) is 20.3 Å². The van der Waals surface area contributed by atoms with E-state index in [0.717, 1.165) is 11.3 Å². The van der Waals surface area contributed by atoms with Crippen LogP contribution in [0.4, 0.5) is 0 Å². The van der Waals surface area contributed by atoms with Crippen LogP contribution in [-0.4, -0.2) is 30.7 Å². The Kier molecular flexibility index (Phi) is 3.13. The van der Waals surface area contributed by atoms with Gasteiger partial charge in [0.2, 0.25) is 0 Å². The lowest BCUT2D eigenvalue weighted by atomic mass is 10.1. The first kappa shape index (κ1) is 13.2. The Morgan fingerprint density at radius 1 is 1.19 bits per heavy atom. The normalized spacial score (nSPS) is 11.0. The van der Waals surface area contributed by atoms with Crippen molar-refractivity contribution in [3.05, 3.63) is 47.3 Å². The van der Waals surface area contributed by atoms with E-state index in [1.807, 2.05) is 37.3 Å². The Balaban J connectivity index is 2.18. The zero-order valence-corrected chi connectivity index (χ0v) is 11.7. The Morgan fingerprint density at radius 3 is 2.57 bits per heavy atom. The minimum absolute atomic E-state index is 0.0683. The second-order valence-electron chi connectivity index (χ2n) is 4.84. The maximum absolute atomic E-state index is 11.0. The lowest BCUT2D eigenvalue weighted by Gasteiger charge is -2.07. The summed E-state index contributed by atoms with van der Waals surface area (Å²) >= 11 is 0. The predicted octanol–water partition coefficient (Wildman–Crippen LogP) is 2.04. The summed E-state index contributed by atoms with van der Waals surface area (Å²) in [5.41, 5.74) is 3.02. The van der Waals surface area contributed by atoms with E-state index in [1.54, 1.807) is 11.4 Å². The van der Waals surface area contributed by atoms with Crippen molar-refractivity contribution < 1.29 is 9.90 Å². The molecule has 0 bridgehead atoms. The fraction of sp³-hybridized carbons (Fsp3) is 0.200. The number of aryl methyl sites for hydroxylation is 2. The molecule has 0 unspecified atom stereocenters. The molecule has 0 aliphatic carbocycles. The highest BCUT2D eigenvalue weighted by Gasteiger charge is 2.15. The molecule has 0 aliphatic heterocycles. The van der Waals surface area contributed by atoms with E-state index in [2.05, 4.69) is 15.1 Å². The van der Waals surface area contributed by atoms with Gasteiger partial charge in [0.1, 0.15) is 0 Å². The monoisotopic (exact) mass is 282 g/mol. The van der Waals surface area contributed by atoms with Gasteiger partial charge in [-0.25, -0.2) is 9.50 Å². The summed E-state index contributed by atoms with van der Waals surface area (Å²) in [4.78, 5) is 19.7. The summed E-state index contributed by atoms with van der Waals surface area (Å²) in [6.07, 6.45) is -0.0683. The lowest BCUT2D eigenvalue weighted by molar-refractivity contribution is -0.136. The van der Waals surface area contributed by atoms with E-state index in [-0.39, 0.29) is 6.42 Å². The molecule has 0 atom stereocenters. The number of nitrogens with zero attached hydrogens (tertiary/aromatic N) is 4. The van der Waals surface area contributed by atoms with Crippen molar-refractivity contribution in [1.82, 2.24) is 19.6 Å². The molecule has 6 heteroatoms. The number of aromatic nitrogens is 4. The standard InChI is InChI=1S/C15H14N4O2/c1-9-12(8-13(20)21)10(2)19-15(16-9)17-14(18-19)11-6-4-3-5-7-11/h3-7H,8H2,1-2H3,(H,20,21). The van der Waals surface area contributed by atoms with Gasteiger partial charge in [0.15, 0.2) is 5.82 Å². The SMILES string of the molecule is Cc1nc2nc(-c3ccccc3)nn2c(C)c1CC(=O)O. The van der Waals surface area contributed by atoms with Gasteiger partial charge < -0.3 is 5.11 Å². The quantitative estimate of drug-likeness (QED) is 0.795. The molecule has 3 rings (SSSR count). The molecule has 1 N–H and O–H groups in total. The summed E-state index contributed by atoms with van der Waals surface area (Å²) < 4.78 is 1.60. The van der Waals surface area contributed by atoms with Gasteiger partial charge in [-0.05, 0) is 13.8 Å². The maximum atomic E-state index is 11.0. The molecule has 0 aliphatic rings. The Labute approximate surface area is 121 Å². The molecule has 3 aromatic rings. The number of carbonyl (C=O) groups is 1. The molecule has 0 spiro atoms. The number of carboxylic acid groups (broad SMARTS) is 1. The molecule has 0 amide bonds. The first-order valence-electron chi connectivity index (χ1n) is 6.56. The lowest BCUT2D eigenvalue weighted by Crippen LogP contribution is -2.10. The number of aliphatic carboxylic acids is 1. The van der Waals surface area contributed by atoms with Gasteiger partial charge in [0, 0.05) is 22.5 Å². The van der Waals surface area contributed by atoms with Crippen molar-refractivity contribution in [2.24, 2.45) is 0 Å². The molecule has 6 nitrogen and oxygen atoms in total. The summed E-state index contributed by atoms with van der Waals surface area (Å²) in [6.45, 7) is 3.63. The third-order valence-electron chi connectivity index (χ3n) is 3.41. The van der Waals surface area contributed by atoms with Crippen LogP contribution in [0.15, 0.2) is 30.3 Å². The van der Waals surface area contributed by atoms with Crippen LogP contribution in [0.3, 0.4) is 0 Å². The largest absolute Gasteiger partial charge is 0.481 e. The molecule has 106 valence electrons. The Morgan fingerprint density at radius 2 is 1.90 bits per heavy atom. The fourth-order valence-corrected chi connectivity index (χ4v) is 2.32. The first-order chi connectivity index (χ1) is 10.1. The third-order valence-corrected chi connectivity index (χ3v) is 3.41. The zero-order valence-electron chi connectivity index (χ0n) is 11.7. The molecule has 0 fully saturated rings. The van der Waals surface area contributed by atoms with Crippen molar-refractivity contribution in [2.75, 3.05) is 0 Å². The highest BCUT2D eigenvalue weighted by Crippen LogP contribution is 2.19. The van der Waals surface area contributed by atoms with Crippen LogP contribution in [0.25, 0.3) is 17.2 Å². The van der Waals surface area contributed by atoms with Gasteiger partial charge in [-0.3, -0.25) is 4.79 Å². The molecular weight excluding hydrogens is 268 g/mol. The van der Waals surface area contributed by atoms with Crippen LogP contribution in [0.5, 0.6) is 0 Å². The predicted molar refractivity (Wildman–Crippen MR) is 77.0 cm³/mol. The fourth-order valence-electron chi connectivity index (χ4n) is 2.32. The van der Waals surface area contributed by atoms with Crippen molar-refractivity contribution in [3.63, 3.8) is 0 Å². The summed E-state index contributed by atoms with van der Waals surface area (Å²) in [5.74, 6) is 0.182. The van der Waals surface area contributed by atoms with Crippen LogP contribution in [0.2, 0.25) is 0 Å². The average molecular weight is 282 g/mol. The molecule has 0 saturated heterocycles. The van der Waals surface area contributed by atoms with E-state index in [1.165, 1.54) is 0 Å². The topological polar surface area (TPSA) is 80.4 Å². The van der Waals surface area contributed by atoms with Crippen molar-refractivity contribution in [3.8, 4) is 11.4 Å². The maximum Gasteiger partial charge on any atom is 0.307 e. The minimum Gasteiger partial charge on any atom is -0.481 e. The highest BCUT2D eigenvalue weighted by atomic mass is 16.4. The van der Waals surface area contributed by atoms with Gasteiger partial charge in [-0.15, -0.1) is 5.10 Å². The molecule has 0 radical (unpaired) electrons. The van der Waals surface area contributed by atoms with E-state index in [9.17, 15) is 4.79 Å². The van der Waals surface area contributed by atoms with Crippen LogP contribution >= 0.6 is 0 Å². The second kappa shape index (κ2) is 4.97. The summed E-state index contributed by atoms with van der Waals surface area (Å²) in [5, 5.41) is 13.4. The van der Waals surface area contributed by atoms with E-state index >= 15 is 0 Å². The smallest absolute Gasteiger partial charge is 0.307 e. The first-order valence-corrected chi connectivity index (χ1v) is 6.56. The number of rotatable bonds is 3. The molecular formula is C15H14N4O2. The number of fused-ring (bicyclic) bond motifs is 1. The molecule has 1 aromatic carbocycles. The number of carboxylic acids is 1. The summed E-state index contributed by atoms with van der Waals surface area (Å²) in [6, 6.07) is 9.62. The van der Waals surface area contributed by atoms with Gasteiger partial charge >= 0.3 is 5.97 Å². The van der Waals surface area contributed by atoms with Crippen LogP contribution < -0.4 is 0 Å². The molecule has 2 heterocycles. The van der Waals surface area contributed by atoms with Crippen molar-refractivity contribution >= 4 is 11.7 Å². The minimum atomic E-state index is -0.884. The van der Waals surface area contributed by atoms with Crippen LogP contribution in [0, 0.1) is 13.8 Å². The molecule has 21 heavy (non-hydrogen) atoms. The summed E-state index contributed by atoms with van der Waals surface area (Å²) in [7, 11) is 0. The van der Waals surface area contributed by atoms with E-state index in [4.69, 9.17) is 5.11 Å². The van der Waals surface area contributed by atoms with Gasteiger partial charge in [-0.1, -0.05) is 30.3 Å². The van der Waals surface area contributed by atoms with Crippen molar-refractivity contribution in [1.29, 1.82) is 0 Å². The number of benzene rings is 1. The second-order valence-corrected chi connectivity index (χ2v) is 4.84. The number of hydrogen-bond acceptors (Lipinski definition) is 4. The van der Waals surface area contributed by atoms with Gasteiger partial charge in [-0.2, -0.15) is 4.98 Å². The van der Waals surface area contributed by atoms with Gasteiger partial charge in [0.25, 0.3) is 5.78 Å². The van der Waals surface area contributed by atoms with Gasteiger partial charge in [0.05, 0.1) is 6.42 Å². The Bertz CT molecular complexity index is 825. The van der Waals surface area contributed by atoms with E-state index in [0.29, 0.717) is 22.9 Å². The zero-order chi connectivity index (χ0) is 15.0. The van der Waals surface area contributed by atoms with E-state index < -0.39 is 5.97 Å². The van der Waals surface area contributed by atoms with Crippen LogP contribution in [-0.2, 0) is 11.2 Å². The molecule has 0 saturated carbocycles. The Hall–Kier alpha value is -2.76. The molecule has 2 aromatic heterocycles. The average Bonchev–Trinajstić information content (AvgIpc) is 2.88. The number of hydrogen-bond donors (Lipinski definition) is 1.